The molecule has 0 fully saturated rings. The van der Waals surface area contributed by atoms with Crippen LogP contribution in [0.1, 0.15) is 0 Å². The van der Waals surface area contributed by atoms with E-state index in [0.29, 0.717) is 15.9 Å². The Balaban J connectivity index is 3.05. The van der Waals surface area contributed by atoms with Crippen molar-refractivity contribution in [3.63, 3.8) is 0 Å². The fourth-order valence-electron chi connectivity index (χ4n) is 0.853. The zero-order valence-electron chi connectivity index (χ0n) is 7.79. The van der Waals surface area contributed by atoms with Crippen molar-refractivity contribution in [2.45, 2.75) is 0 Å². The van der Waals surface area contributed by atoms with E-state index in [9.17, 15) is 4.39 Å². The van der Waals surface area contributed by atoms with Gasteiger partial charge >= 0.3 is 0 Å². The number of thioether (sulfide) groups is 1. The maximum Gasteiger partial charge on any atom is 0.183 e. The van der Waals surface area contributed by atoms with Crippen LogP contribution in [0.15, 0.2) is 23.2 Å². The molecule has 1 aromatic rings. The number of hydrogen-bond acceptors (Lipinski definition) is 3. The molecule has 15 heavy (non-hydrogen) atoms. The van der Waals surface area contributed by atoms with Crippen LogP contribution < -0.4 is 5.32 Å². The summed E-state index contributed by atoms with van der Waals surface area (Å²) >= 11 is 7.04. The van der Waals surface area contributed by atoms with Crippen molar-refractivity contribution in [2.75, 3.05) is 6.26 Å². The normalized spacial score (nSPS) is 10.9. The van der Waals surface area contributed by atoms with Crippen LogP contribution in [0.3, 0.4) is 0 Å². The SMILES string of the molecule is CSC(=Nc1cc(F)ccc1Cl)NC#N. The summed E-state index contributed by atoms with van der Waals surface area (Å²) in [5, 5.41) is 11.5. The summed E-state index contributed by atoms with van der Waals surface area (Å²) in [7, 11) is 0. The van der Waals surface area contributed by atoms with Crippen LogP contribution >= 0.6 is 23.4 Å². The first-order valence-corrected chi connectivity index (χ1v) is 5.50. The van der Waals surface area contributed by atoms with E-state index in [2.05, 4.69) is 10.3 Å². The van der Waals surface area contributed by atoms with Gasteiger partial charge in [0.2, 0.25) is 0 Å². The average molecular weight is 244 g/mol. The summed E-state index contributed by atoms with van der Waals surface area (Å²) in [5.74, 6) is -0.421. The lowest BCUT2D eigenvalue weighted by molar-refractivity contribution is 0.628. The number of aliphatic imine (C=N–C) groups is 1. The fourth-order valence-corrected chi connectivity index (χ4v) is 1.35. The Morgan fingerprint density at radius 2 is 2.40 bits per heavy atom. The average Bonchev–Trinajstić information content (AvgIpc) is 2.22. The quantitative estimate of drug-likeness (QED) is 0.357. The van der Waals surface area contributed by atoms with Gasteiger partial charge in [0.1, 0.15) is 5.82 Å². The molecule has 0 unspecified atom stereocenters. The van der Waals surface area contributed by atoms with Gasteiger partial charge in [0.15, 0.2) is 11.4 Å². The topological polar surface area (TPSA) is 48.2 Å². The predicted molar refractivity (Wildman–Crippen MR) is 60.8 cm³/mol. The van der Waals surface area contributed by atoms with E-state index in [1.54, 1.807) is 12.4 Å². The number of nitrogens with one attached hydrogen (secondary N) is 1. The Hall–Kier alpha value is -1.25. The van der Waals surface area contributed by atoms with Crippen LogP contribution in [-0.2, 0) is 0 Å². The molecule has 1 N–H and O–H groups in total. The Kier molecular flexibility index (Phi) is 4.40. The first-order valence-electron chi connectivity index (χ1n) is 3.90. The minimum Gasteiger partial charge on any atom is -0.271 e. The van der Waals surface area contributed by atoms with Crippen molar-refractivity contribution in [1.29, 1.82) is 5.26 Å². The van der Waals surface area contributed by atoms with E-state index in [1.165, 1.54) is 30.0 Å². The van der Waals surface area contributed by atoms with Gasteiger partial charge in [-0.15, -0.1) is 0 Å². The van der Waals surface area contributed by atoms with Gasteiger partial charge in [0.25, 0.3) is 0 Å². The van der Waals surface area contributed by atoms with Crippen molar-refractivity contribution in [1.82, 2.24) is 5.32 Å². The molecule has 0 aliphatic heterocycles. The molecule has 3 nitrogen and oxygen atoms in total. The van der Waals surface area contributed by atoms with E-state index in [-0.39, 0.29) is 0 Å². The van der Waals surface area contributed by atoms with Gasteiger partial charge in [0.05, 0.1) is 10.7 Å². The second-order valence-electron chi connectivity index (χ2n) is 2.45. The van der Waals surface area contributed by atoms with E-state index >= 15 is 0 Å². The van der Waals surface area contributed by atoms with Crippen LogP contribution in [0.4, 0.5) is 10.1 Å². The Labute approximate surface area is 96.0 Å². The third kappa shape index (κ3) is 3.42. The molecule has 0 amide bonds. The molecule has 0 heterocycles. The summed E-state index contributed by atoms with van der Waals surface area (Å²) < 4.78 is 12.9. The van der Waals surface area contributed by atoms with Crippen LogP contribution in [0.2, 0.25) is 5.02 Å². The smallest absolute Gasteiger partial charge is 0.183 e. The van der Waals surface area contributed by atoms with Crippen molar-refractivity contribution in [2.24, 2.45) is 4.99 Å². The van der Waals surface area contributed by atoms with Gasteiger partial charge in [-0.2, -0.15) is 5.26 Å². The third-order valence-electron chi connectivity index (χ3n) is 1.49. The van der Waals surface area contributed by atoms with Crippen LogP contribution in [-0.4, -0.2) is 11.4 Å². The summed E-state index contributed by atoms with van der Waals surface area (Å²) in [6, 6.07) is 3.87. The van der Waals surface area contributed by atoms with E-state index in [1.807, 2.05) is 0 Å². The highest BCUT2D eigenvalue weighted by atomic mass is 35.5. The molecule has 0 aliphatic rings. The summed E-state index contributed by atoms with van der Waals surface area (Å²) in [6.45, 7) is 0. The molecule has 0 saturated carbocycles. The van der Waals surface area contributed by atoms with Gasteiger partial charge in [0, 0.05) is 6.07 Å². The number of rotatable bonds is 1. The highest BCUT2D eigenvalue weighted by Gasteiger charge is 2.02. The number of hydrogen-bond donors (Lipinski definition) is 1. The highest BCUT2D eigenvalue weighted by Crippen LogP contribution is 2.26. The van der Waals surface area contributed by atoms with Crippen LogP contribution in [0.25, 0.3) is 0 Å². The highest BCUT2D eigenvalue weighted by molar-refractivity contribution is 8.13. The Morgan fingerprint density at radius 3 is 3.00 bits per heavy atom. The first-order chi connectivity index (χ1) is 7.17. The minimum atomic E-state index is -0.421. The molecule has 0 atom stereocenters. The van der Waals surface area contributed by atoms with Crippen LogP contribution in [0.5, 0.6) is 0 Å². The van der Waals surface area contributed by atoms with E-state index < -0.39 is 5.82 Å². The standard InChI is InChI=1S/C9H7ClFN3S/c1-15-9(13-5-12)14-8-4-6(11)2-3-7(8)10/h2-4H,1H3,(H,13,14). The molecular formula is C9H7ClFN3S. The number of halogens is 2. The Bertz CT molecular complexity index is 428. The molecule has 1 rings (SSSR count). The van der Waals surface area contributed by atoms with Gasteiger partial charge in [-0.25, -0.2) is 9.38 Å². The van der Waals surface area contributed by atoms with E-state index in [4.69, 9.17) is 16.9 Å². The van der Waals surface area contributed by atoms with Crippen LogP contribution in [0, 0.1) is 17.3 Å². The molecule has 6 heteroatoms. The van der Waals surface area contributed by atoms with Crippen molar-refractivity contribution >= 4 is 34.2 Å². The monoisotopic (exact) mass is 243 g/mol. The minimum absolute atomic E-state index is 0.295. The molecule has 0 spiro atoms. The molecule has 0 saturated heterocycles. The van der Waals surface area contributed by atoms with Crippen molar-refractivity contribution < 1.29 is 4.39 Å². The molecular weight excluding hydrogens is 237 g/mol. The summed E-state index contributed by atoms with van der Waals surface area (Å²) in [4.78, 5) is 4.00. The number of amidine groups is 1. The van der Waals surface area contributed by atoms with Gasteiger partial charge in [-0.3, -0.25) is 5.32 Å². The van der Waals surface area contributed by atoms with Gasteiger partial charge in [-0.05, 0) is 18.4 Å². The van der Waals surface area contributed by atoms with Crippen molar-refractivity contribution in [3.8, 4) is 6.19 Å². The maximum absolute atomic E-state index is 12.9. The van der Waals surface area contributed by atoms with Gasteiger partial charge in [-0.1, -0.05) is 23.4 Å². The maximum atomic E-state index is 12.9. The number of nitriles is 1. The second kappa shape index (κ2) is 5.59. The lowest BCUT2D eigenvalue weighted by Gasteiger charge is -2.01. The third-order valence-corrected chi connectivity index (χ3v) is 2.39. The second-order valence-corrected chi connectivity index (χ2v) is 3.66. The van der Waals surface area contributed by atoms with Crippen molar-refractivity contribution in [3.05, 3.63) is 29.0 Å². The lowest BCUT2D eigenvalue weighted by atomic mass is 10.3. The first kappa shape index (κ1) is 11.8. The lowest BCUT2D eigenvalue weighted by Crippen LogP contribution is -2.12. The zero-order chi connectivity index (χ0) is 11.3. The molecule has 0 aliphatic carbocycles. The van der Waals surface area contributed by atoms with Gasteiger partial charge < -0.3 is 0 Å². The van der Waals surface area contributed by atoms with E-state index in [0.717, 1.165) is 0 Å². The zero-order valence-corrected chi connectivity index (χ0v) is 9.36. The molecule has 0 aromatic heterocycles. The number of benzene rings is 1. The molecule has 78 valence electrons. The molecule has 0 bridgehead atoms. The number of nitrogens with zero attached hydrogens (tertiary/aromatic N) is 2. The summed E-state index contributed by atoms with van der Waals surface area (Å²) in [5.41, 5.74) is 0.295. The molecule has 1 aromatic carbocycles. The largest absolute Gasteiger partial charge is 0.271 e. The predicted octanol–water partition coefficient (Wildman–Crippen LogP) is 2.90. The fraction of sp³-hybridized carbons (Fsp3) is 0.111. The summed E-state index contributed by atoms with van der Waals surface area (Å²) in [6.07, 6.45) is 3.48. The molecule has 0 radical (unpaired) electrons. The Morgan fingerprint density at radius 1 is 1.67 bits per heavy atom.